The Morgan fingerprint density at radius 1 is 1.55 bits per heavy atom. The van der Waals surface area contributed by atoms with Gasteiger partial charge in [0.2, 0.25) is 0 Å². The van der Waals surface area contributed by atoms with Gasteiger partial charge in [-0.2, -0.15) is 0 Å². The smallest absolute Gasteiger partial charge is 0.142 e. The molecule has 0 aliphatic carbocycles. The van der Waals surface area contributed by atoms with Crippen molar-refractivity contribution >= 4 is 5.94 Å². The molecule has 62 valence electrons. The molecule has 0 aromatic carbocycles. The van der Waals surface area contributed by atoms with Crippen LogP contribution in [0, 0.1) is 0 Å². The fourth-order valence-corrected chi connectivity index (χ4v) is 1.39. The molecule has 0 radical (unpaired) electrons. The predicted octanol–water partition coefficient (Wildman–Crippen LogP) is 0.0155. The number of carbonyl (C=O) groups excluding carboxylic acids is 1. The first-order chi connectivity index (χ1) is 5.36. The third-order valence-electron chi connectivity index (χ3n) is 2.17. The number of nitrogens with one attached hydrogen (secondary N) is 1. The molecule has 1 aliphatic heterocycles. The summed E-state index contributed by atoms with van der Waals surface area (Å²) in [5, 5.41) is 3.23. The predicted molar refractivity (Wildman–Crippen MR) is 43.9 cm³/mol. The first-order valence-electron chi connectivity index (χ1n) is 3.99. The summed E-state index contributed by atoms with van der Waals surface area (Å²) in [7, 11) is 1.98. The lowest BCUT2D eigenvalue weighted by Crippen LogP contribution is -2.38. The molecule has 1 saturated heterocycles. The number of nitrogens with zero attached hydrogens (tertiary/aromatic N) is 1. The molecule has 0 unspecified atom stereocenters. The van der Waals surface area contributed by atoms with Gasteiger partial charge in [0.15, 0.2) is 0 Å². The Labute approximate surface area is 67.1 Å². The second kappa shape index (κ2) is 4.16. The minimum Gasteiger partial charge on any atom is -0.368 e. The molecule has 3 heteroatoms. The maximum absolute atomic E-state index is 9.99. The van der Waals surface area contributed by atoms with Crippen LogP contribution < -0.4 is 5.32 Å². The summed E-state index contributed by atoms with van der Waals surface area (Å²) >= 11 is 0. The van der Waals surface area contributed by atoms with Crippen molar-refractivity contribution in [3.05, 3.63) is 6.20 Å². The topological polar surface area (TPSA) is 32.3 Å². The monoisotopic (exact) mass is 154 g/mol. The molecule has 0 spiro atoms. The first-order valence-corrected chi connectivity index (χ1v) is 3.99. The molecule has 0 aromatic heterocycles. The summed E-state index contributed by atoms with van der Waals surface area (Å²) in [5.74, 6) is 1.80. The molecule has 11 heavy (non-hydrogen) atoms. The largest absolute Gasteiger partial charge is 0.368 e. The highest BCUT2D eigenvalue weighted by Gasteiger charge is 2.14. The fourth-order valence-electron chi connectivity index (χ4n) is 1.39. The van der Waals surface area contributed by atoms with Crippen LogP contribution in [0.25, 0.3) is 0 Å². The SMILES string of the molecule is CNC1CCN(C=C=O)CC1. The lowest BCUT2D eigenvalue weighted by molar-refractivity contribution is 0.267. The normalized spacial score (nSPS) is 19.5. The standard InChI is InChI=1S/C8H14N2O/c1-9-8-2-4-10(5-3-8)6-7-11/h6,8-9H,2-5H2,1H3. The van der Waals surface area contributed by atoms with Gasteiger partial charge in [0.05, 0.1) is 6.20 Å². The van der Waals surface area contributed by atoms with Crippen LogP contribution in [-0.4, -0.2) is 37.0 Å². The van der Waals surface area contributed by atoms with Crippen LogP contribution in [0.3, 0.4) is 0 Å². The van der Waals surface area contributed by atoms with E-state index < -0.39 is 0 Å². The van der Waals surface area contributed by atoms with E-state index in [1.54, 1.807) is 5.94 Å². The van der Waals surface area contributed by atoms with Gasteiger partial charge >= 0.3 is 0 Å². The molecule has 1 N–H and O–H groups in total. The molecule has 3 nitrogen and oxygen atoms in total. The van der Waals surface area contributed by atoms with Gasteiger partial charge in [-0.3, -0.25) is 0 Å². The van der Waals surface area contributed by atoms with Crippen LogP contribution in [0.1, 0.15) is 12.8 Å². The van der Waals surface area contributed by atoms with Gasteiger partial charge in [-0.1, -0.05) is 0 Å². The van der Waals surface area contributed by atoms with Crippen molar-refractivity contribution in [2.75, 3.05) is 20.1 Å². The van der Waals surface area contributed by atoms with Gasteiger partial charge in [-0.15, -0.1) is 0 Å². The minimum absolute atomic E-state index is 0.631. The molecule has 0 aromatic rings. The van der Waals surface area contributed by atoms with E-state index >= 15 is 0 Å². The summed E-state index contributed by atoms with van der Waals surface area (Å²) in [5.41, 5.74) is 0. The van der Waals surface area contributed by atoms with E-state index in [1.807, 2.05) is 11.9 Å². The Hall–Kier alpha value is -0.790. The Balaban J connectivity index is 2.29. The highest BCUT2D eigenvalue weighted by atomic mass is 16.1. The van der Waals surface area contributed by atoms with E-state index in [0.29, 0.717) is 6.04 Å². The number of hydrogen-bond acceptors (Lipinski definition) is 3. The Kier molecular flexibility index (Phi) is 3.14. The molecule has 0 amide bonds. The Morgan fingerprint density at radius 3 is 2.64 bits per heavy atom. The molecule has 1 rings (SSSR count). The number of likely N-dealkylation sites (tertiary alicyclic amines) is 1. The van der Waals surface area contributed by atoms with Crippen LogP contribution >= 0.6 is 0 Å². The summed E-state index contributed by atoms with van der Waals surface area (Å²) in [4.78, 5) is 12.0. The van der Waals surface area contributed by atoms with Crippen LogP contribution in [0.5, 0.6) is 0 Å². The van der Waals surface area contributed by atoms with Crippen LogP contribution in [-0.2, 0) is 4.79 Å². The zero-order chi connectivity index (χ0) is 8.10. The zero-order valence-electron chi connectivity index (χ0n) is 6.84. The quantitative estimate of drug-likeness (QED) is 0.569. The van der Waals surface area contributed by atoms with E-state index in [-0.39, 0.29) is 0 Å². The van der Waals surface area contributed by atoms with Crippen molar-refractivity contribution in [1.29, 1.82) is 0 Å². The number of piperidine rings is 1. The molecule has 0 saturated carbocycles. The summed E-state index contributed by atoms with van der Waals surface area (Å²) in [6.07, 6.45) is 3.75. The van der Waals surface area contributed by atoms with Gasteiger partial charge in [-0.05, 0) is 19.9 Å². The third kappa shape index (κ3) is 2.37. The summed E-state index contributed by atoms with van der Waals surface area (Å²) < 4.78 is 0. The van der Waals surface area contributed by atoms with E-state index in [0.717, 1.165) is 25.9 Å². The average molecular weight is 154 g/mol. The van der Waals surface area contributed by atoms with E-state index in [9.17, 15) is 4.79 Å². The average Bonchev–Trinajstić information content (AvgIpc) is 2.07. The fraction of sp³-hybridized carbons (Fsp3) is 0.750. The Morgan fingerprint density at radius 2 is 2.18 bits per heavy atom. The van der Waals surface area contributed by atoms with Crippen molar-refractivity contribution in [3.63, 3.8) is 0 Å². The molecule has 1 heterocycles. The van der Waals surface area contributed by atoms with Crippen molar-refractivity contribution in [3.8, 4) is 0 Å². The first kappa shape index (κ1) is 8.31. The van der Waals surface area contributed by atoms with Crippen LogP contribution in [0.2, 0.25) is 0 Å². The third-order valence-corrected chi connectivity index (χ3v) is 2.17. The second-order valence-corrected chi connectivity index (χ2v) is 2.85. The highest BCUT2D eigenvalue weighted by Crippen LogP contribution is 2.08. The van der Waals surface area contributed by atoms with Crippen molar-refractivity contribution in [1.82, 2.24) is 10.2 Å². The minimum atomic E-state index is 0.631. The molecular weight excluding hydrogens is 140 g/mol. The van der Waals surface area contributed by atoms with Crippen molar-refractivity contribution in [2.45, 2.75) is 18.9 Å². The number of rotatable bonds is 2. The van der Waals surface area contributed by atoms with Gasteiger partial charge < -0.3 is 10.2 Å². The van der Waals surface area contributed by atoms with E-state index in [1.165, 1.54) is 6.20 Å². The van der Waals surface area contributed by atoms with E-state index in [4.69, 9.17) is 0 Å². The zero-order valence-corrected chi connectivity index (χ0v) is 6.84. The lowest BCUT2D eigenvalue weighted by Gasteiger charge is -2.29. The molecule has 0 atom stereocenters. The van der Waals surface area contributed by atoms with Gasteiger partial charge in [0.1, 0.15) is 5.94 Å². The molecule has 1 fully saturated rings. The molecule has 1 aliphatic rings. The van der Waals surface area contributed by atoms with Crippen LogP contribution in [0.15, 0.2) is 6.20 Å². The maximum atomic E-state index is 9.99. The van der Waals surface area contributed by atoms with Gasteiger partial charge in [0, 0.05) is 19.1 Å². The highest BCUT2D eigenvalue weighted by molar-refractivity contribution is 5.44. The van der Waals surface area contributed by atoms with Gasteiger partial charge in [0.25, 0.3) is 0 Å². The summed E-state index contributed by atoms with van der Waals surface area (Å²) in [6, 6.07) is 0.631. The van der Waals surface area contributed by atoms with Crippen LogP contribution in [0.4, 0.5) is 0 Å². The lowest BCUT2D eigenvalue weighted by atomic mass is 10.1. The second-order valence-electron chi connectivity index (χ2n) is 2.85. The number of hydrogen-bond donors (Lipinski definition) is 1. The Bertz CT molecular complexity index is 155. The van der Waals surface area contributed by atoms with Crippen molar-refractivity contribution < 1.29 is 4.79 Å². The summed E-state index contributed by atoms with van der Waals surface area (Å²) in [6.45, 7) is 1.95. The van der Waals surface area contributed by atoms with E-state index in [2.05, 4.69) is 5.32 Å². The van der Waals surface area contributed by atoms with Gasteiger partial charge in [-0.25, -0.2) is 4.79 Å². The maximum Gasteiger partial charge on any atom is 0.142 e. The molecular formula is C8H14N2O. The van der Waals surface area contributed by atoms with Crippen molar-refractivity contribution in [2.24, 2.45) is 0 Å². The molecule has 0 bridgehead atoms.